The Morgan fingerprint density at radius 2 is 2.07 bits per heavy atom. The molecule has 44 heavy (non-hydrogen) atoms. The number of hydrogen-bond acceptors (Lipinski definition) is 7. The van der Waals surface area contributed by atoms with Gasteiger partial charge < -0.3 is 24.5 Å². The van der Waals surface area contributed by atoms with E-state index in [2.05, 4.69) is 31.4 Å². The number of carbonyl (C=O) groups excluding carboxylic acids is 1. The number of carbonyl (C=O) groups is 1. The largest absolute Gasteiger partial charge is 0.494 e. The van der Waals surface area contributed by atoms with Crippen LogP contribution in [0.2, 0.25) is 0 Å². The Bertz CT molecular complexity index is 1910. The van der Waals surface area contributed by atoms with Gasteiger partial charge in [-0.3, -0.25) is 14.5 Å². The Morgan fingerprint density at radius 3 is 2.82 bits per heavy atom. The highest BCUT2D eigenvalue weighted by atomic mass is 16.5. The minimum Gasteiger partial charge on any atom is -0.494 e. The molecule has 2 aliphatic carbocycles. The highest BCUT2D eigenvalue weighted by Crippen LogP contribution is 2.40. The number of hydrogen-bond donors (Lipinski definition) is 1. The maximum Gasteiger partial charge on any atom is 0.254 e. The molecule has 226 valence electrons. The lowest BCUT2D eigenvalue weighted by atomic mass is 10.1. The summed E-state index contributed by atoms with van der Waals surface area (Å²) in [6, 6.07) is 10.2. The van der Waals surface area contributed by atoms with Gasteiger partial charge in [-0.05, 0) is 67.9 Å². The van der Waals surface area contributed by atoms with Gasteiger partial charge in [0.2, 0.25) is 0 Å². The average molecular weight is 592 g/mol. The van der Waals surface area contributed by atoms with Gasteiger partial charge in [0.15, 0.2) is 5.82 Å². The van der Waals surface area contributed by atoms with Crippen molar-refractivity contribution in [2.45, 2.75) is 57.4 Å². The zero-order valence-corrected chi connectivity index (χ0v) is 25.1. The minimum atomic E-state index is -0.00476. The second-order valence-corrected chi connectivity index (χ2v) is 12.5. The Hall–Kier alpha value is -4.51. The maximum absolute atomic E-state index is 13.9. The van der Waals surface area contributed by atoms with Crippen molar-refractivity contribution in [1.82, 2.24) is 33.8 Å². The van der Waals surface area contributed by atoms with E-state index in [0.717, 1.165) is 58.5 Å². The van der Waals surface area contributed by atoms with Crippen LogP contribution in [0.5, 0.6) is 5.75 Å². The third-order valence-electron chi connectivity index (χ3n) is 9.69. The summed E-state index contributed by atoms with van der Waals surface area (Å²) in [5.74, 6) is 2.45. The van der Waals surface area contributed by atoms with Crippen LogP contribution < -0.4 is 10.5 Å². The third kappa shape index (κ3) is 4.49. The number of benzene rings is 1. The van der Waals surface area contributed by atoms with E-state index in [-0.39, 0.29) is 18.0 Å². The number of amides is 1. The van der Waals surface area contributed by atoms with Crippen LogP contribution >= 0.6 is 0 Å². The second kappa shape index (κ2) is 10.6. The molecule has 4 aromatic heterocycles. The number of aromatic nitrogens is 6. The van der Waals surface area contributed by atoms with Gasteiger partial charge in [-0.1, -0.05) is 0 Å². The van der Waals surface area contributed by atoms with Crippen molar-refractivity contribution in [3.63, 3.8) is 0 Å². The lowest BCUT2D eigenvalue weighted by molar-refractivity contribution is 0.0700. The summed E-state index contributed by atoms with van der Waals surface area (Å²) in [5.41, 5.74) is 11.6. The first-order valence-corrected chi connectivity index (χ1v) is 15.5. The molecule has 3 fully saturated rings. The normalized spacial score (nSPS) is 21.4. The molecule has 0 radical (unpaired) electrons. The molecule has 1 aliphatic heterocycles. The molecule has 11 heteroatoms. The fourth-order valence-corrected chi connectivity index (χ4v) is 7.26. The summed E-state index contributed by atoms with van der Waals surface area (Å²) in [6.45, 7) is 2.74. The lowest BCUT2D eigenvalue weighted by Crippen LogP contribution is -2.41. The molecule has 8 rings (SSSR count). The number of piperidine rings is 1. The SMILES string of the molecule is CN=CCn1cc(Cn2c(-c3cc4cccnc4n3CC3CC3)nc3cc(C(=O)N4CC5CCC4[C@@H]5N)cc(OC)c32)cn1. The molecule has 0 spiro atoms. The number of imidazole rings is 1. The molecule has 3 atom stereocenters. The molecule has 3 aliphatic rings. The fourth-order valence-electron chi connectivity index (χ4n) is 7.26. The molecule has 1 saturated heterocycles. The van der Waals surface area contributed by atoms with Gasteiger partial charge in [0.25, 0.3) is 5.91 Å². The number of ether oxygens (including phenoxy) is 1. The van der Waals surface area contributed by atoms with Crippen LogP contribution in [0.15, 0.2) is 53.9 Å². The molecule has 1 amide bonds. The standard InChI is InChI=1S/C33H37N9O2/c1-35-10-11-39-16-21(15-37-39)18-42-30-25(12-24(14-28(30)44-2)33(43)41-19-23-7-8-26(41)29(23)34)38-32(42)27-13-22-4-3-9-36-31(22)40(27)17-20-5-6-20/h3-4,9-10,12-16,20,23,26,29H,5-8,11,17-19,34H2,1-2H3/t23?,26?,29-/m1/s1. The predicted molar refractivity (Wildman–Crippen MR) is 169 cm³/mol. The summed E-state index contributed by atoms with van der Waals surface area (Å²) < 4.78 is 12.4. The number of rotatable bonds is 9. The fraction of sp³-hybridized carbons (Fsp3) is 0.424. The zero-order chi connectivity index (χ0) is 29.9. The summed E-state index contributed by atoms with van der Waals surface area (Å²) >= 11 is 0. The van der Waals surface area contributed by atoms with Crippen LogP contribution in [-0.2, 0) is 19.6 Å². The van der Waals surface area contributed by atoms with Gasteiger partial charge in [0.05, 0.1) is 37.6 Å². The van der Waals surface area contributed by atoms with Gasteiger partial charge in [-0.15, -0.1) is 0 Å². The van der Waals surface area contributed by atoms with E-state index in [1.165, 1.54) is 12.8 Å². The van der Waals surface area contributed by atoms with Crippen molar-refractivity contribution in [1.29, 1.82) is 0 Å². The molecule has 11 nitrogen and oxygen atoms in total. The van der Waals surface area contributed by atoms with E-state index >= 15 is 0 Å². The molecule has 2 N–H and O–H groups in total. The number of nitrogens with two attached hydrogens (primary N) is 1. The number of aliphatic imine (C=N–C) groups is 1. The van der Waals surface area contributed by atoms with Crippen LogP contribution in [0, 0.1) is 11.8 Å². The van der Waals surface area contributed by atoms with E-state index in [4.69, 9.17) is 20.4 Å². The Balaban J connectivity index is 1.28. The van der Waals surface area contributed by atoms with E-state index in [1.54, 1.807) is 14.2 Å². The van der Waals surface area contributed by atoms with Gasteiger partial charge in [-0.25, -0.2) is 9.97 Å². The van der Waals surface area contributed by atoms with Crippen molar-refractivity contribution in [3.8, 4) is 17.3 Å². The van der Waals surface area contributed by atoms with Crippen molar-refractivity contribution in [2.75, 3.05) is 20.7 Å². The summed E-state index contributed by atoms with van der Waals surface area (Å²) in [5, 5.41) is 5.63. The van der Waals surface area contributed by atoms with Crippen molar-refractivity contribution in [3.05, 3.63) is 60.0 Å². The van der Waals surface area contributed by atoms with Crippen molar-refractivity contribution >= 4 is 34.2 Å². The minimum absolute atomic E-state index is 0.00476. The van der Waals surface area contributed by atoms with Gasteiger partial charge in [0.1, 0.15) is 16.9 Å². The number of likely N-dealkylation sites (tertiary alicyclic amines) is 1. The van der Waals surface area contributed by atoms with E-state index in [9.17, 15) is 4.79 Å². The van der Waals surface area contributed by atoms with Gasteiger partial charge in [0, 0.05) is 67.3 Å². The number of fused-ring (bicyclic) bond motifs is 4. The van der Waals surface area contributed by atoms with Gasteiger partial charge in [-0.2, -0.15) is 5.10 Å². The quantitative estimate of drug-likeness (QED) is 0.259. The monoisotopic (exact) mass is 591 g/mol. The molecule has 5 aromatic rings. The highest BCUT2D eigenvalue weighted by molar-refractivity contribution is 6.00. The summed E-state index contributed by atoms with van der Waals surface area (Å²) in [7, 11) is 3.42. The van der Waals surface area contributed by atoms with Gasteiger partial charge >= 0.3 is 0 Å². The molecule has 1 aromatic carbocycles. The van der Waals surface area contributed by atoms with Crippen LogP contribution in [0.4, 0.5) is 0 Å². The van der Waals surface area contributed by atoms with Crippen LogP contribution in [0.3, 0.4) is 0 Å². The zero-order valence-electron chi connectivity index (χ0n) is 25.1. The summed E-state index contributed by atoms with van der Waals surface area (Å²) in [6.07, 6.45) is 12.1. The molecule has 2 bridgehead atoms. The third-order valence-corrected chi connectivity index (χ3v) is 9.69. The second-order valence-electron chi connectivity index (χ2n) is 12.5. The Morgan fingerprint density at radius 1 is 1.18 bits per heavy atom. The average Bonchev–Trinajstić information content (AvgIpc) is 3.34. The van der Waals surface area contributed by atoms with E-state index < -0.39 is 0 Å². The Kier molecular flexibility index (Phi) is 6.51. The lowest BCUT2D eigenvalue weighted by Gasteiger charge is -2.27. The predicted octanol–water partition coefficient (Wildman–Crippen LogP) is 3.98. The summed E-state index contributed by atoms with van der Waals surface area (Å²) in [4.78, 5) is 30.0. The number of nitrogens with zero attached hydrogens (tertiary/aromatic N) is 8. The number of methoxy groups -OCH3 is 1. The van der Waals surface area contributed by atoms with Crippen LogP contribution in [-0.4, -0.2) is 78.7 Å². The van der Waals surface area contributed by atoms with Crippen LogP contribution in [0.25, 0.3) is 33.6 Å². The molecule has 2 saturated carbocycles. The Labute approximate surface area is 255 Å². The highest BCUT2D eigenvalue weighted by Gasteiger charge is 2.47. The topological polar surface area (TPSA) is 121 Å². The molecular weight excluding hydrogens is 554 g/mol. The van der Waals surface area contributed by atoms with Crippen LogP contribution in [0.1, 0.15) is 41.6 Å². The van der Waals surface area contributed by atoms with Crippen molar-refractivity contribution in [2.24, 2.45) is 22.6 Å². The molecule has 5 heterocycles. The van der Waals surface area contributed by atoms with E-state index in [0.29, 0.717) is 42.8 Å². The maximum atomic E-state index is 13.9. The number of pyridine rings is 1. The van der Waals surface area contributed by atoms with Crippen molar-refractivity contribution < 1.29 is 9.53 Å². The molecule has 2 unspecified atom stereocenters. The molecular formula is C33H37N9O2. The first-order valence-electron chi connectivity index (χ1n) is 15.5. The van der Waals surface area contributed by atoms with E-state index in [1.807, 2.05) is 52.6 Å². The first-order chi connectivity index (χ1) is 21.5. The smallest absolute Gasteiger partial charge is 0.254 e. The first kappa shape index (κ1) is 27.1.